The number of esters is 1. The highest BCUT2D eigenvalue weighted by Gasteiger charge is 2.64. The van der Waals surface area contributed by atoms with E-state index in [4.69, 9.17) is 4.74 Å². The van der Waals surface area contributed by atoms with E-state index in [2.05, 4.69) is 54.5 Å². The molecule has 8 atom stereocenters. The van der Waals surface area contributed by atoms with Crippen molar-refractivity contribution in [2.24, 2.45) is 57.7 Å². The first-order chi connectivity index (χ1) is 15.0. The second-order valence-corrected chi connectivity index (χ2v) is 13.7. The molecule has 0 radical (unpaired) electrons. The minimum Gasteiger partial charge on any atom is -0.469 e. The fourth-order valence-electron chi connectivity index (χ4n) is 9.77. The molecule has 0 saturated heterocycles. The van der Waals surface area contributed by atoms with Gasteiger partial charge < -0.3 is 4.74 Å². The Morgan fingerprint density at radius 3 is 2.44 bits per heavy atom. The van der Waals surface area contributed by atoms with Gasteiger partial charge in [-0.25, -0.2) is 0 Å². The Morgan fingerprint density at radius 1 is 1.06 bits per heavy atom. The van der Waals surface area contributed by atoms with Crippen LogP contribution in [0.2, 0.25) is 0 Å². The fourth-order valence-corrected chi connectivity index (χ4v) is 9.77. The number of hydrogen-bond acceptors (Lipinski definition) is 2. The smallest absolute Gasteiger partial charge is 0.309 e. The van der Waals surface area contributed by atoms with Gasteiger partial charge in [0.05, 0.1) is 13.0 Å². The molecule has 0 heterocycles. The Bertz CT molecular complexity index is 748. The zero-order valence-electron chi connectivity index (χ0n) is 22.3. The van der Waals surface area contributed by atoms with E-state index < -0.39 is 0 Å². The Morgan fingerprint density at radius 2 is 1.78 bits per heavy atom. The second kappa shape index (κ2) is 8.46. The maximum absolute atomic E-state index is 12.7. The summed E-state index contributed by atoms with van der Waals surface area (Å²) in [4.78, 5) is 12.7. The van der Waals surface area contributed by atoms with Gasteiger partial charge in [-0.3, -0.25) is 4.79 Å². The number of methoxy groups -OCH3 is 1. The molecule has 2 heteroatoms. The van der Waals surface area contributed by atoms with E-state index >= 15 is 0 Å². The van der Waals surface area contributed by atoms with E-state index in [1.807, 2.05) is 0 Å². The summed E-state index contributed by atoms with van der Waals surface area (Å²) in [6, 6.07) is 0. The second-order valence-electron chi connectivity index (χ2n) is 13.7. The van der Waals surface area contributed by atoms with Crippen molar-refractivity contribution in [3.63, 3.8) is 0 Å². The highest BCUT2D eigenvalue weighted by Crippen LogP contribution is 2.71. The molecule has 4 aliphatic carbocycles. The van der Waals surface area contributed by atoms with Gasteiger partial charge in [0.1, 0.15) is 0 Å². The molecule has 2 nitrogen and oxygen atoms in total. The molecule has 0 amide bonds. The van der Waals surface area contributed by atoms with Crippen LogP contribution in [0, 0.1) is 57.7 Å². The molecule has 3 fully saturated rings. The lowest BCUT2D eigenvalue weighted by molar-refractivity contribution is -0.148. The summed E-state index contributed by atoms with van der Waals surface area (Å²) in [5.41, 5.74) is 2.20. The molecule has 32 heavy (non-hydrogen) atoms. The van der Waals surface area contributed by atoms with E-state index in [0.29, 0.717) is 5.41 Å². The maximum atomic E-state index is 12.7. The van der Waals surface area contributed by atoms with Crippen molar-refractivity contribution >= 4 is 5.97 Å². The highest BCUT2D eigenvalue weighted by molar-refractivity contribution is 5.75. The van der Waals surface area contributed by atoms with Gasteiger partial charge in [-0.1, -0.05) is 79.4 Å². The predicted molar refractivity (Wildman–Crippen MR) is 133 cm³/mol. The number of carbonyl (C=O) groups is 1. The monoisotopic (exact) mass is 442 g/mol. The van der Waals surface area contributed by atoms with Crippen molar-refractivity contribution in [1.82, 2.24) is 0 Å². The minimum atomic E-state index is -0.0727. The van der Waals surface area contributed by atoms with Gasteiger partial charge >= 0.3 is 5.97 Å². The van der Waals surface area contributed by atoms with Gasteiger partial charge in [-0.2, -0.15) is 0 Å². The maximum Gasteiger partial charge on any atom is 0.309 e. The van der Waals surface area contributed by atoms with Crippen molar-refractivity contribution < 1.29 is 9.53 Å². The molecule has 3 saturated carbocycles. The van der Waals surface area contributed by atoms with Crippen molar-refractivity contribution in [3.8, 4) is 0 Å². The van der Waals surface area contributed by atoms with Gasteiger partial charge in [0.25, 0.3) is 0 Å². The van der Waals surface area contributed by atoms with E-state index in [1.165, 1.54) is 51.4 Å². The zero-order valence-corrected chi connectivity index (χ0v) is 22.3. The van der Waals surface area contributed by atoms with Crippen molar-refractivity contribution in [2.75, 3.05) is 7.11 Å². The predicted octanol–water partition coefficient (Wildman–Crippen LogP) is 8.06. The molecule has 0 aromatic rings. The van der Waals surface area contributed by atoms with Gasteiger partial charge in [0, 0.05) is 0 Å². The number of carbonyl (C=O) groups excluding carboxylic acids is 1. The van der Waals surface area contributed by atoms with Crippen LogP contribution in [0.15, 0.2) is 11.6 Å². The van der Waals surface area contributed by atoms with E-state index in [-0.39, 0.29) is 22.7 Å². The summed E-state index contributed by atoms with van der Waals surface area (Å²) >= 11 is 0. The van der Waals surface area contributed by atoms with Gasteiger partial charge in [-0.15, -0.1) is 0 Å². The number of rotatable bonds is 6. The third-order valence-electron chi connectivity index (χ3n) is 11.3. The quantitative estimate of drug-likeness (QED) is 0.307. The number of hydrogen-bond donors (Lipinski definition) is 0. The summed E-state index contributed by atoms with van der Waals surface area (Å²) in [5.74, 6) is 5.02. The summed E-state index contributed by atoms with van der Waals surface area (Å²) in [6.07, 6.45) is 14.6. The first-order valence-corrected chi connectivity index (χ1v) is 13.8. The first-order valence-electron chi connectivity index (χ1n) is 13.8. The third kappa shape index (κ3) is 3.61. The van der Waals surface area contributed by atoms with Crippen LogP contribution in [0.3, 0.4) is 0 Å². The number of ether oxygens (including phenoxy) is 1. The van der Waals surface area contributed by atoms with Gasteiger partial charge in [-0.05, 0) is 90.3 Å². The lowest BCUT2D eigenvalue weighted by Gasteiger charge is -2.56. The average molecular weight is 443 g/mol. The molecule has 0 bridgehead atoms. The Kier molecular flexibility index (Phi) is 6.43. The molecule has 0 N–H and O–H groups in total. The summed E-state index contributed by atoms with van der Waals surface area (Å²) in [6.45, 7) is 17.0. The number of allylic oxidation sites excluding steroid dienone is 2. The minimum absolute atomic E-state index is 0.000115. The van der Waals surface area contributed by atoms with Crippen LogP contribution in [-0.2, 0) is 9.53 Å². The van der Waals surface area contributed by atoms with Gasteiger partial charge in [0.15, 0.2) is 0 Å². The molecule has 0 unspecified atom stereocenters. The van der Waals surface area contributed by atoms with E-state index in [9.17, 15) is 4.79 Å². The molecule has 0 aliphatic heterocycles. The van der Waals surface area contributed by atoms with Gasteiger partial charge in [0.2, 0.25) is 0 Å². The third-order valence-corrected chi connectivity index (χ3v) is 11.3. The van der Waals surface area contributed by atoms with Crippen LogP contribution in [0.1, 0.15) is 106 Å². The molecule has 0 aromatic carbocycles. The topological polar surface area (TPSA) is 26.3 Å². The summed E-state index contributed by atoms with van der Waals surface area (Å²) in [7, 11) is 1.56. The summed E-state index contributed by atoms with van der Waals surface area (Å²) < 4.78 is 5.26. The fraction of sp³-hybridized carbons (Fsp3) is 0.900. The highest BCUT2D eigenvalue weighted by atomic mass is 16.5. The van der Waals surface area contributed by atoms with Crippen LogP contribution in [0.4, 0.5) is 0 Å². The first kappa shape index (κ1) is 24.3. The van der Waals surface area contributed by atoms with E-state index in [1.54, 1.807) is 12.7 Å². The zero-order chi connectivity index (χ0) is 23.5. The molecule has 182 valence electrons. The molecule has 0 aromatic heterocycles. The molecular formula is C30H50O2. The SMILES string of the molecule is COC(=O)[C@@H]1C[C@]2(C)C(=CC[C@H]3[C@H]4CC[C@@H]([C@H](C)CCCC(C)C)[C@@]4(C)CC[C@@H]32)C1(C)C. The van der Waals surface area contributed by atoms with E-state index in [0.717, 1.165) is 41.9 Å². The van der Waals surface area contributed by atoms with Crippen LogP contribution in [0.25, 0.3) is 0 Å². The molecule has 0 spiro atoms. The molecule has 4 aliphatic rings. The standard InChI is InChI=1S/C30H50O2/c1-19(2)10-9-11-20(3)22-13-14-23-21-12-15-26-28(4,5)25(27(31)32-8)18-30(26,7)24(21)16-17-29(22,23)6/h15,19-25H,9-14,16-18H2,1-8H3/t20-,21+,22+,23-,24+,25+,29-,30+/m1/s1. The van der Waals surface area contributed by atoms with Crippen molar-refractivity contribution in [1.29, 1.82) is 0 Å². The summed E-state index contributed by atoms with van der Waals surface area (Å²) in [5, 5.41) is 0. The lowest BCUT2D eigenvalue weighted by Crippen LogP contribution is -2.49. The van der Waals surface area contributed by atoms with Crippen LogP contribution in [0.5, 0.6) is 0 Å². The molecule has 4 rings (SSSR count). The van der Waals surface area contributed by atoms with Crippen LogP contribution in [-0.4, -0.2) is 13.1 Å². The Labute approximate surface area is 198 Å². The Hall–Kier alpha value is -0.790. The molecular weight excluding hydrogens is 392 g/mol. The lowest BCUT2D eigenvalue weighted by atomic mass is 9.48. The Balaban J connectivity index is 1.54. The normalized spacial score (nSPS) is 43.3. The van der Waals surface area contributed by atoms with Crippen LogP contribution >= 0.6 is 0 Å². The average Bonchev–Trinajstić information content (AvgIpc) is 3.18. The number of fused-ring (bicyclic) bond motifs is 5. The van der Waals surface area contributed by atoms with Crippen molar-refractivity contribution in [3.05, 3.63) is 11.6 Å². The van der Waals surface area contributed by atoms with Crippen molar-refractivity contribution in [2.45, 2.75) is 106 Å². The van der Waals surface area contributed by atoms with Crippen LogP contribution < -0.4 is 0 Å². The largest absolute Gasteiger partial charge is 0.469 e.